The second kappa shape index (κ2) is 5.99. The van der Waals surface area contributed by atoms with E-state index >= 15 is 0 Å². The molecule has 0 bridgehead atoms. The molecule has 0 spiro atoms. The molecule has 115 valence electrons. The van der Waals surface area contributed by atoms with Crippen LogP contribution in [0.1, 0.15) is 40.0 Å². The van der Waals surface area contributed by atoms with Crippen molar-refractivity contribution in [3.63, 3.8) is 0 Å². The van der Waals surface area contributed by atoms with Crippen LogP contribution in [0.4, 0.5) is 30.7 Å². The molecular weight excluding hydrogens is 317 g/mol. The van der Waals surface area contributed by atoms with Crippen LogP contribution in [0.25, 0.3) is 0 Å². The number of hydrogen-bond acceptors (Lipinski definition) is 0. The molecule has 0 atom stereocenters. The Hall–Kier alpha value is 0.0295. The predicted molar refractivity (Wildman–Crippen MR) is 49.3 cm³/mol. The standard InChI is InChI=1S/C10H15F7.Cu/c1-4-5-6-7(2,3)8(11,12)9(13,14)10(15,16)17;/h4-6H2,1-3H3;. The zero-order chi connectivity index (χ0) is 14.1. The molecule has 1 radical (unpaired) electrons. The fourth-order valence-corrected chi connectivity index (χ4v) is 1.38. The van der Waals surface area contributed by atoms with Gasteiger partial charge in [0.1, 0.15) is 0 Å². The fourth-order valence-electron chi connectivity index (χ4n) is 1.38. The van der Waals surface area contributed by atoms with Crippen LogP contribution in [0.5, 0.6) is 0 Å². The van der Waals surface area contributed by atoms with Gasteiger partial charge in [-0.05, 0) is 6.42 Å². The Morgan fingerprint density at radius 1 is 0.778 bits per heavy atom. The summed E-state index contributed by atoms with van der Waals surface area (Å²) in [7, 11) is 0. The van der Waals surface area contributed by atoms with E-state index in [1.807, 2.05) is 0 Å². The quantitative estimate of drug-likeness (QED) is 0.489. The summed E-state index contributed by atoms with van der Waals surface area (Å²) < 4.78 is 88.0. The van der Waals surface area contributed by atoms with Crippen LogP contribution < -0.4 is 0 Å². The molecule has 0 saturated carbocycles. The number of unbranched alkanes of at least 4 members (excludes halogenated alkanes) is 1. The Morgan fingerprint density at radius 2 is 1.17 bits per heavy atom. The minimum absolute atomic E-state index is 0. The van der Waals surface area contributed by atoms with Crippen molar-refractivity contribution >= 4 is 0 Å². The first-order valence-corrected chi connectivity index (χ1v) is 5.13. The minimum atomic E-state index is -6.25. The molecule has 0 aliphatic heterocycles. The van der Waals surface area contributed by atoms with Gasteiger partial charge in [0.15, 0.2) is 0 Å². The summed E-state index contributed by atoms with van der Waals surface area (Å²) in [6, 6.07) is 0. The van der Waals surface area contributed by atoms with E-state index < -0.39 is 29.9 Å². The van der Waals surface area contributed by atoms with E-state index in [0.717, 1.165) is 13.8 Å². The molecule has 0 amide bonds. The van der Waals surface area contributed by atoms with Crippen LogP contribution in [-0.4, -0.2) is 18.0 Å². The van der Waals surface area contributed by atoms with Gasteiger partial charge >= 0.3 is 18.0 Å². The third-order valence-corrected chi connectivity index (χ3v) is 2.76. The van der Waals surface area contributed by atoms with Crippen molar-refractivity contribution in [3.05, 3.63) is 0 Å². The van der Waals surface area contributed by atoms with E-state index in [0.29, 0.717) is 6.42 Å². The van der Waals surface area contributed by atoms with Gasteiger partial charge < -0.3 is 0 Å². The molecule has 0 unspecified atom stereocenters. The Bertz CT molecular complexity index is 257. The van der Waals surface area contributed by atoms with Gasteiger partial charge in [0.2, 0.25) is 0 Å². The third kappa shape index (κ3) is 3.53. The summed E-state index contributed by atoms with van der Waals surface area (Å²) in [6.45, 7) is 3.08. The van der Waals surface area contributed by atoms with Crippen molar-refractivity contribution in [1.29, 1.82) is 0 Å². The van der Waals surface area contributed by atoms with Crippen LogP contribution in [0.15, 0.2) is 0 Å². The maximum Gasteiger partial charge on any atom is 0.459 e. The van der Waals surface area contributed by atoms with Crippen molar-refractivity contribution in [2.45, 2.75) is 58.1 Å². The van der Waals surface area contributed by atoms with Crippen molar-refractivity contribution < 1.29 is 47.8 Å². The molecule has 0 rings (SSSR count). The topological polar surface area (TPSA) is 0 Å². The summed E-state index contributed by atoms with van der Waals surface area (Å²) in [5.74, 6) is -11.1. The summed E-state index contributed by atoms with van der Waals surface area (Å²) in [5, 5.41) is 0. The van der Waals surface area contributed by atoms with Gasteiger partial charge in [0.25, 0.3) is 0 Å². The smallest absolute Gasteiger partial charge is 0.199 e. The van der Waals surface area contributed by atoms with Gasteiger partial charge in [-0.3, -0.25) is 0 Å². The van der Waals surface area contributed by atoms with Crippen molar-refractivity contribution in [3.8, 4) is 0 Å². The zero-order valence-electron chi connectivity index (χ0n) is 10.1. The Labute approximate surface area is 112 Å². The molecule has 0 aromatic carbocycles. The molecule has 0 saturated heterocycles. The second-order valence-corrected chi connectivity index (χ2v) is 4.63. The first-order valence-electron chi connectivity index (χ1n) is 5.13. The maximum atomic E-state index is 13.3. The molecule has 0 aromatic heterocycles. The van der Waals surface area contributed by atoms with Crippen molar-refractivity contribution in [2.75, 3.05) is 0 Å². The Balaban J connectivity index is 0. The second-order valence-electron chi connectivity index (χ2n) is 4.63. The predicted octanol–water partition coefficient (Wildman–Crippen LogP) is 5.03. The van der Waals surface area contributed by atoms with Gasteiger partial charge in [-0.2, -0.15) is 30.7 Å². The molecule has 8 heteroatoms. The number of hydrogen-bond donors (Lipinski definition) is 0. The van der Waals surface area contributed by atoms with Crippen LogP contribution >= 0.6 is 0 Å². The largest absolute Gasteiger partial charge is 0.459 e. The first kappa shape index (κ1) is 20.3. The van der Waals surface area contributed by atoms with E-state index in [-0.39, 0.29) is 23.5 Å². The average molecular weight is 332 g/mol. The molecule has 0 heterocycles. The number of rotatable bonds is 5. The molecule has 18 heavy (non-hydrogen) atoms. The molecular formula is C10H15CuF7. The summed E-state index contributed by atoms with van der Waals surface area (Å²) in [5.41, 5.74) is -2.41. The van der Waals surface area contributed by atoms with E-state index in [9.17, 15) is 30.7 Å². The van der Waals surface area contributed by atoms with Crippen LogP contribution in [0.2, 0.25) is 0 Å². The summed E-state index contributed by atoms with van der Waals surface area (Å²) >= 11 is 0. The monoisotopic (exact) mass is 331 g/mol. The van der Waals surface area contributed by atoms with Crippen LogP contribution in [0.3, 0.4) is 0 Å². The van der Waals surface area contributed by atoms with Gasteiger partial charge in [0.05, 0.1) is 0 Å². The molecule has 0 aliphatic rings. The Kier molecular flexibility index (Phi) is 6.77. The SMILES string of the molecule is CCCCC(C)(C)C(F)(F)C(F)(F)C(F)(F)F.[Cu]. The normalized spacial score (nSPS) is 14.3. The van der Waals surface area contributed by atoms with E-state index in [4.69, 9.17) is 0 Å². The zero-order valence-corrected chi connectivity index (χ0v) is 11.0. The van der Waals surface area contributed by atoms with Crippen LogP contribution in [-0.2, 0) is 17.1 Å². The van der Waals surface area contributed by atoms with Gasteiger partial charge in [0, 0.05) is 22.5 Å². The first-order chi connectivity index (χ1) is 7.31. The van der Waals surface area contributed by atoms with Crippen LogP contribution in [0, 0.1) is 5.41 Å². The van der Waals surface area contributed by atoms with Crippen molar-refractivity contribution in [2.24, 2.45) is 5.41 Å². The van der Waals surface area contributed by atoms with E-state index in [1.54, 1.807) is 6.92 Å². The van der Waals surface area contributed by atoms with Gasteiger partial charge in [-0.1, -0.05) is 33.6 Å². The molecule has 0 fully saturated rings. The van der Waals surface area contributed by atoms with Gasteiger partial charge in [-0.15, -0.1) is 0 Å². The summed E-state index contributed by atoms with van der Waals surface area (Å²) in [6.07, 6.45) is -6.05. The van der Waals surface area contributed by atoms with Crippen molar-refractivity contribution in [1.82, 2.24) is 0 Å². The molecule has 0 nitrogen and oxygen atoms in total. The Morgan fingerprint density at radius 3 is 1.44 bits per heavy atom. The molecule has 0 aromatic rings. The minimum Gasteiger partial charge on any atom is -0.199 e. The van der Waals surface area contributed by atoms with Gasteiger partial charge in [-0.25, -0.2) is 0 Å². The fraction of sp³-hybridized carbons (Fsp3) is 1.00. The maximum absolute atomic E-state index is 13.3. The number of alkyl halides is 7. The molecule has 0 N–H and O–H groups in total. The molecule has 0 aliphatic carbocycles. The number of halogens is 7. The van der Waals surface area contributed by atoms with E-state index in [2.05, 4.69) is 0 Å². The summed E-state index contributed by atoms with van der Waals surface area (Å²) in [4.78, 5) is 0. The third-order valence-electron chi connectivity index (χ3n) is 2.76. The van der Waals surface area contributed by atoms with E-state index in [1.165, 1.54) is 0 Å². The average Bonchev–Trinajstić information content (AvgIpc) is 2.12.